The van der Waals surface area contributed by atoms with Crippen molar-refractivity contribution in [2.45, 2.75) is 13.0 Å². The van der Waals surface area contributed by atoms with Crippen LogP contribution in [0.5, 0.6) is 11.5 Å². The molecule has 0 aromatic heterocycles. The SMILES string of the molecule is CNCc1ccc(Oc2ccc(CCOC)cc2)c(Br)c1. The highest BCUT2D eigenvalue weighted by atomic mass is 79.9. The van der Waals surface area contributed by atoms with Gasteiger partial charge in [0.1, 0.15) is 11.5 Å². The number of benzene rings is 2. The summed E-state index contributed by atoms with van der Waals surface area (Å²) in [6.45, 7) is 1.58. The summed E-state index contributed by atoms with van der Waals surface area (Å²) in [4.78, 5) is 0. The molecule has 0 saturated heterocycles. The summed E-state index contributed by atoms with van der Waals surface area (Å²) in [6.07, 6.45) is 0.916. The van der Waals surface area contributed by atoms with Gasteiger partial charge in [0.2, 0.25) is 0 Å². The first-order chi connectivity index (χ1) is 10.2. The molecule has 2 aromatic carbocycles. The van der Waals surface area contributed by atoms with Crippen LogP contribution < -0.4 is 10.1 Å². The van der Waals surface area contributed by atoms with Crippen LogP contribution in [0.1, 0.15) is 11.1 Å². The van der Waals surface area contributed by atoms with Crippen molar-refractivity contribution in [3.8, 4) is 11.5 Å². The Labute approximate surface area is 134 Å². The second kappa shape index (κ2) is 8.17. The van der Waals surface area contributed by atoms with Crippen LogP contribution in [0.25, 0.3) is 0 Å². The molecule has 0 saturated carbocycles. The highest BCUT2D eigenvalue weighted by Crippen LogP contribution is 2.30. The lowest BCUT2D eigenvalue weighted by molar-refractivity contribution is 0.202. The Morgan fingerprint density at radius 2 is 1.76 bits per heavy atom. The van der Waals surface area contributed by atoms with Gasteiger partial charge in [-0.05, 0) is 64.8 Å². The quantitative estimate of drug-likeness (QED) is 0.814. The highest BCUT2D eigenvalue weighted by Gasteiger charge is 2.04. The third kappa shape index (κ3) is 4.84. The zero-order valence-corrected chi connectivity index (χ0v) is 13.9. The van der Waals surface area contributed by atoms with E-state index in [0.29, 0.717) is 0 Å². The predicted octanol–water partition coefficient (Wildman–Crippen LogP) is 4.15. The van der Waals surface area contributed by atoms with Crippen molar-refractivity contribution in [2.24, 2.45) is 0 Å². The van der Waals surface area contributed by atoms with Crippen LogP contribution >= 0.6 is 15.9 Å². The number of methoxy groups -OCH3 is 1. The molecule has 112 valence electrons. The molecule has 0 aliphatic heterocycles. The molecule has 3 nitrogen and oxygen atoms in total. The lowest BCUT2D eigenvalue weighted by atomic mass is 10.1. The molecule has 0 unspecified atom stereocenters. The van der Waals surface area contributed by atoms with Gasteiger partial charge in [0, 0.05) is 13.7 Å². The largest absolute Gasteiger partial charge is 0.456 e. The van der Waals surface area contributed by atoms with Crippen LogP contribution in [0.3, 0.4) is 0 Å². The molecule has 0 spiro atoms. The van der Waals surface area contributed by atoms with Crippen LogP contribution in [0.4, 0.5) is 0 Å². The Balaban J connectivity index is 2.04. The van der Waals surface area contributed by atoms with Gasteiger partial charge in [-0.2, -0.15) is 0 Å². The molecule has 0 heterocycles. The fourth-order valence-electron chi connectivity index (χ4n) is 2.01. The Bertz CT molecular complexity index is 570. The summed E-state index contributed by atoms with van der Waals surface area (Å²) in [6, 6.07) is 14.2. The molecule has 0 atom stereocenters. The van der Waals surface area contributed by atoms with Crippen molar-refractivity contribution in [1.29, 1.82) is 0 Å². The minimum absolute atomic E-state index is 0.735. The first-order valence-electron chi connectivity index (χ1n) is 6.91. The summed E-state index contributed by atoms with van der Waals surface area (Å²) < 4.78 is 11.9. The third-order valence-electron chi connectivity index (χ3n) is 3.12. The minimum Gasteiger partial charge on any atom is -0.456 e. The molecule has 2 rings (SSSR count). The molecule has 0 bridgehead atoms. The number of rotatable bonds is 7. The van der Waals surface area contributed by atoms with Crippen molar-refractivity contribution < 1.29 is 9.47 Å². The van der Waals surface area contributed by atoms with Gasteiger partial charge in [-0.1, -0.05) is 18.2 Å². The smallest absolute Gasteiger partial charge is 0.141 e. The lowest BCUT2D eigenvalue weighted by Gasteiger charge is -2.10. The molecule has 0 radical (unpaired) electrons. The van der Waals surface area contributed by atoms with Gasteiger partial charge in [-0.25, -0.2) is 0 Å². The van der Waals surface area contributed by atoms with Crippen molar-refractivity contribution in [1.82, 2.24) is 5.32 Å². The zero-order chi connectivity index (χ0) is 15.1. The summed E-state index contributed by atoms with van der Waals surface area (Å²) in [5.74, 6) is 1.65. The highest BCUT2D eigenvalue weighted by molar-refractivity contribution is 9.10. The van der Waals surface area contributed by atoms with Gasteiger partial charge in [-0.3, -0.25) is 0 Å². The fourth-order valence-corrected chi connectivity index (χ4v) is 2.52. The van der Waals surface area contributed by atoms with E-state index in [1.54, 1.807) is 7.11 Å². The predicted molar refractivity (Wildman–Crippen MR) is 89.0 cm³/mol. The maximum atomic E-state index is 5.90. The molecule has 0 amide bonds. The molecule has 2 aromatic rings. The van der Waals surface area contributed by atoms with E-state index in [1.807, 2.05) is 25.2 Å². The van der Waals surface area contributed by atoms with E-state index in [4.69, 9.17) is 9.47 Å². The van der Waals surface area contributed by atoms with Crippen LogP contribution in [-0.2, 0) is 17.7 Å². The Kier molecular flexibility index (Phi) is 6.23. The number of ether oxygens (including phenoxy) is 2. The van der Waals surface area contributed by atoms with Crippen molar-refractivity contribution in [3.63, 3.8) is 0 Å². The molecular weight excluding hydrogens is 330 g/mol. The van der Waals surface area contributed by atoms with Gasteiger partial charge in [-0.15, -0.1) is 0 Å². The first-order valence-corrected chi connectivity index (χ1v) is 7.71. The van der Waals surface area contributed by atoms with E-state index < -0.39 is 0 Å². The van der Waals surface area contributed by atoms with Crippen LogP contribution in [-0.4, -0.2) is 20.8 Å². The summed E-state index contributed by atoms with van der Waals surface area (Å²) in [5.41, 5.74) is 2.46. The van der Waals surface area contributed by atoms with Crippen LogP contribution in [0, 0.1) is 0 Å². The number of nitrogens with one attached hydrogen (secondary N) is 1. The van der Waals surface area contributed by atoms with Crippen LogP contribution in [0.2, 0.25) is 0 Å². The second-order valence-electron chi connectivity index (χ2n) is 4.78. The molecule has 4 heteroatoms. The molecular formula is C17H20BrNO2. The Morgan fingerprint density at radius 1 is 1.05 bits per heavy atom. The van der Waals surface area contributed by atoms with E-state index in [2.05, 4.69) is 45.5 Å². The van der Waals surface area contributed by atoms with Crippen molar-refractivity contribution in [3.05, 3.63) is 58.1 Å². The van der Waals surface area contributed by atoms with Crippen molar-refractivity contribution in [2.75, 3.05) is 20.8 Å². The van der Waals surface area contributed by atoms with Gasteiger partial charge in [0.25, 0.3) is 0 Å². The fraction of sp³-hybridized carbons (Fsp3) is 0.294. The second-order valence-corrected chi connectivity index (χ2v) is 5.64. The zero-order valence-electron chi connectivity index (χ0n) is 12.4. The maximum absolute atomic E-state index is 5.90. The Morgan fingerprint density at radius 3 is 2.38 bits per heavy atom. The summed E-state index contributed by atoms with van der Waals surface area (Å²) >= 11 is 3.55. The van der Waals surface area contributed by atoms with Gasteiger partial charge in [0.15, 0.2) is 0 Å². The third-order valence-corrected chi connectivity index (χ3v) is 3.74. The Hall–Kier alpha value is -1.36. The van der Waals surface area contributed by atoms with E-state index >= 15 is 0 Å². The van der Waals surface area contributed by atoms with E-state index in [9.17, 15) is 0 Å². The van der Waals surface area contributed by atoms with Gasteiger partial charge in [0.05, 0.1) is 11.1 Å². The number of halogens is 1. The molecule has 0 aliphatic rings. The normalized spacial score (nSPS) is 10.6. The van der Waals surface area contributed by atoms with E-state index in [1.165, 1.54) is 11.1 Å². The van der Waals surface area contributed by atoms with E-state index in [0.717, 1.165) is 35.5 Å². The lowest BCUT2D eigenvalue weighted by Crippen LogP contribution is -2.04. The maximum Gasteiger partial charge on any atom is 0.141 e. The standard InChI is InChI=1S/C17H20BrNO2/c1-19-12-14-5-8-17(16(18)11-14)21-15-6-3-13(4-7-15)9-10-20-2/h3-8,11,19H,9-10,12H2,1-2H3. The average molecular weight is 350 g/mol. The molecule has 0 fully saturated rings. The van der Waals surface area contributed by atoms with Gasteiger partial charge < -0.3 is 14.8 Å². The van der Waals surface area contributed by atoms with Gasteiger partial charge >= 0.3 is 0 Å². The van der Waals surface area contributed by atoms with Crippen molar-refractivity contribution >= 4 is 15.9 Å². The monoisotopic (exact) mass is 349 g/mol. The minimum atomic E-state index is 0.735. The number of hydrogen-bond acceptors (Lipinski definition) is 3. The topological polar surface area (TPSA) is 30.5 Å². The molecule has 1 N–H and O–H groups in total. The van der Waals surface area contributed by atoms with Crippen LogP contribution in [0.15, 0.2) is 46.9 Å². The molecule has 21 heavy (non-hydrogen) atoms. The molecule has 0 aliphatic carbocycles. The number of hydrogen-bond donors (Lipinski definition) is 1. The summed E-state index contributed by atoms with van der Waals surface area (Å²) in [7, 11) is 3.65. The first kappa shape index (κ1) is 16.0. The van der Waals surface area contributed by atoms with E-state index in [-0.39, 0.29) is 0 Å². The average Bonchev–Trinajstić information content (AvgIpc) is 2.49. The summed E-state index contributed by atoms with van der Waals surface area (Å²) in [5, 5.41) is 3.13.